The smallest absolute Gasteiger partial charge is 0.139 e. The van der Waals surface area contributed by atoms with E-state index in [2.05, 4.69) is 0 Å². The summed E-state index contributed by atoms with van der Waals surface area (Å²) >= 11 is 11.4. The van der Waals surface area contributed by atoms with Crippen LogP contribution in [0.1, 0.15) is 13.3 Å². The molecule has 0 aliphatic carbocycles. The largest absolute Gasteiger partial charge is 0.368 e. The molecule has 0 spiro atoms. The summed E-state index contributed by atoms with van der Waals surface area (Å²) in [7, 11) is 0. The molecule has 1 rings (SSSR count). The van der Waals surface area contributed by atoms with Crippen LogP contribution in [-0.2, 0) is 4.74 Å². The number of ether oxygens (including phenoxy) is 1. The first kappa shape index (κ1) is 8.38. The molecule has 58 valence electrons. The number of hydrogen-bond donors (Lipinski definition) is 0. The van der Waals surface area contributed by atoms with Crippen molar-refractivity contribution < 1.29 is 4.74 Å². The minimum atomic E-state index is -0.482. The van der Waals surface area contributed by atoms with Gasteiger partial charge in [-0.15, -0.1) is 23.2 Å². The molecule has 10 heavy (non-hydrogen) atoms. The number of halogens is 2. The molecule has 3 heteroatoms. The minimum absolute atomic E-state index is 0.471. The molecule has 1 aliphatic heterocycles. The Bertz CT molecular complexity index is 145. The second-order valence-corrected chi connectivity index (χ2v) is 3.62. The first-order valence-electron chi connectivity index (χ1n) is 3.25. The van der Waals surface area contributed by atoms with E-state index in [0.29, 0.717) is 6.61 Å². The van der Waals surface area contributed by atoms with Gasteiger partial charge in [0.2, 0.25) is 0 Å². The normalized spacial score (nSPS) is 33.2. The first-order chi connectivity index (χ1) is 4.65. The number of hydrogen-bond acceptors (Lipinski definition) is 1. The Morgan fingerprint density at radius 3 is 2.60 bits per heavy atom. The van der Waals surface area contributed by atoms with E-state index in [-0.39, 0.29) is 0 Å². The highest BCUT2D eigenvalue weighted by atomic mass is 35.5. The second kappa shape index (κ2) is 3.12. The molecule has 0 fully saturated rings. The predicted molar refractivity (Wildman–Crippen MR) is 43.6 cm³/mol. The summed E-state index contributed by atoms with van der Waals surface area (Å²) in [5.74, 6) is 0. The van der Waals surface area contributed by atoms with Gasteiger partial charge in [0.1, 0.15) is 10.4 Å². The van der Waals surface area contributed by atoms with Crippen molar-refractivity contribution in [3.8, 4) is 0 Å². The fourth-order valence-electron chi connectivity index (χ4n) is 0.848. The first-order valence-corrected chi connectivity index (χ1v) is 4.12. The maximum atomic E-state index is 5.69. The van der Waals surface area contributed by atoms with E-state index in [1.165, 1.54) is 0 Å². The Morgan fingerprint density at radius 2 is 2.30 bits per heavy atom. The zero-order valence-electron chi connectivity index (χ0n) is 5.81. The van der Waals surface area contributed by atoms with E-state index in [4.69, 9.17) is 27.9 Å². The summed E-state index contributed by atoms with van der Waals surface area (Å²) in [5, 5.41) is 0. The summed E-state index contributed by atoms with van der Waals surface area (Å²) in [6, 6.07) is 0. The number of alkyl halides is 2. The highest BCUT2D eigenvalue weighted by Gasteiger charge is 2.30. The Morgan fingerprint density at radius 1 is 1.60 bits per heavy atom. The van der Waals surface area contributed by atoms with Crippen LogP contribution in [0.5, 0.6) is 0 Å². The summed E-state index contributed by atoms with van der Waals surface area (Å²) in [6.45, 7) is 2.59. The summed E-state index contributed by atoms with van der Waals surface area (Å²) < 4.78 is 5.38. The summed E-state index contributed by atoms with van der Waals surface area (Å²) in [4.78, 5) is -0.482. The third kappa shape index (κ3) is 1.66. The molecule has 1 aliphatic rings. The third-order valence-corrected chi connectivity index (χ3v) is 2.45. The molecule has 0 N–H and O–H groups in total. The lowest BCUT2D eigenvalue weighted by atomic mass is 10.1. The van der Waals surface area contributed by atoms with Gasteiger partial charge < -0.3 is 4.74 Å². The molecule has 0 saturated carbocycles. The minimum Gasteiger partial charge on any atom is -0.368 e. The average Bonchev–Trinajstić information content (AvgIpc) is 1.89. The van der Waals surface area contributed by atoms with Crippen molar-refractivity contribution in [2.45, 2.75) is 23.8 Å². The van der Waals surface area contributed by atoms with Gasteiger partial charge in [-0.25, -0.2) is 0 Å². The molecule has 0 aromatic carbocycles. The van der Waals surface area contributed by atoms with Gasteiger partial charge in [0.25, 0.3) is 0 Å². The standard InChI is InChI=1S/C7H10Cl2O/c1-7(6(8)9)4-2-3-5-10-7/h2,4,6H,3,5H2,1H3. The van der Waals surface area contributed by atoms with Gasteiger partial charge >= 0.3 is 0 Å². The molecular formula is C7H10Cl2O. The zero-order chi connectivity index (χ0) is 7.61. The van der Waals surface area contributed by atoms with Gasteiger partial charge in [-0.05, 0) is 13.3 Å². The van der Waals surface area contributed by atoms with Crippen LogP contribution in [0.3, 0.4) is 0 Å². The van der Waals surface area contributed by atoms with E-state index >= 15 is 0 Å². The van der Waals surface area contributed by atoms with Gasteiger partial charge in [0, 0.05) is 0 Å². The third-order valence-electron chi connectivity index (χ3n) is 1.58. The van der Waals surface area contributed by atoms with Crippen LogP contribution in [-0.4, -0.2) is 17.0 Å². The van der Waals surface area contributed by atoms with Crippen LogP contribution in [0, 0.1) is 0 Å². The fourth-order valence-corrected chi connectivity index (χ4v) is 1.12. The Labute approximate surface area is 71.0 Å². The molecule has 0 saturated heterocycles. The molecule has 1 heterocycles. The van der Waals surface area contributed by atoms with Crippen LogP contribution >= 0.6 is 23.2 Å². The second-order valence-electron chi connectivity index (χ2n) is 2.52. The molecule has 0 aromatic rings. The highest BCUT2D eigenvalue weighted by Crippen LogP contribution is 2.28. The topological polar surface area (TPSA) is 9.23 Å². The van der Waals surface area contributed by atoms with Crippen molar-refractivity contribution in [1.82, 2.24) is 0 Å². The van der Waals surface area contributed by atoms with Crippen molar-refractivity contribution in [3.63, 3.8) is 0 Å². The molecule has 0 radical (unpaired) electrons. The highest BCUT2D eigenvalue weighted by molar-refractivity contribution is 6.45. The van der Waals surface area contributed by atoms with E-state index in [0.717, 1.165) is 6.42 Å². The molecule has 0 bridgehead atoms. The van der Waals surface area contributed by atoms with E-state index in [1.54, 1.807) is 0 Å². The van der Waals surface area contributed by atoms with Crippen molar-refractivity contribution in [2.75, 3.05) is 6.61 Å². The monoisotopic (exact) mass is 180 g/mol. The van der Waals surface area contributed by atoms with Crippen molar-refractivity contribution >= 4 is 23.2 Å². The maximum Gasteiger partial charge on any atom is 0.139 e. The quantitative estimate of drug-likeness (QED) is 0.446. The number of rotatable bonds is 1. The lowest BCUT2D eigenvalue weighted by Crippen LogP contribution is -2.35. The fraction of sp³-hybridized carbons (Fsp3) is 0.714. The van der Waals surface area contributed by atoms with Gasteiger partial charge in [-0.2, -0.15) is 0 Å². The zero-order valence-corrected chi connectivity index (χ0v) is 7.32. The Hall–Kier alpha value is 0.280. The average molecular weight is 181 g/mol. The maximum absolute atomic E-state index is 5.69. The SMILES string of the molecule is CC1(C(Cl)Cl)C=CCCO1. The van der Waals surface area contributed by atoms with Crippen LogP contribution in [0.25, 0.3) is 0 Å². The summed E-state index contributed by atoms with van der Waals surface area (Å²) in [6.07, 6.45) is 4.92. The summed E-state index contributed by atoms with van der Waals surface area (Å²) in [5.41, 5.74) is -0.471. The van der Waals surface area contributed by atoms with Crippen LogP contribution in [0.2, 0.25) is 0 Å². The van der Waals surface area contributed by atoms with Crippen LogP contribution in [0.15, 0.2) is 12.2 Å². The molecule has 1 nitrogen and oxygen atoms in total. The van der Waals surface area contributed by atoms with Crippen LogP contribution < -0.4 is 0 Å². The van der Waals surface area contributed by atoms with Gasteiger partial charge in [0.05, 0.1) is 6.61 Å². The van der Waals surface area contributed by atoms with Crippen LogP contribution in [0.4, 0.5) is 0 Å². The predicted octanol–water partition coefficient (Wildman–Crippen LogP) is 2.53. The van der Waals surface area contributed by atoms with Crippen molar-refractivity contribution in [3.05, 3.63) is 12.2 Å². The van der Waals surface area contributed by atoms with Gasteiger partial charge in [-0.1, -0.05) is 12.2 Å². The lowest BCUT2D eigenvalue weighted by molar-refractivity contribution is 0.00988. The molecule has 1 atom stereocenters. The van der Waals surface area contributed by atoms with Gasteiger partial charge in [-0.3, -0.25) is 0 Å². The Balaban J connectivity index is 2.65. The van der Waals surface area contributed by atoms with Gasteiger partial charge in [0.15, 0.2) is 0 Å². The van der Waals surface area contributed by atoms with E-state index < -0.39 is 10.4 Å². The lowest BCUT2D eigenvalue weighted by Gasteiger charge is -2.30. The van der Waals surface area contributed by atoms with E-state index in [9.17, 15) is 0 Å². The molecule has 1 unspecified atom stereocenters. The molecule has 0 aromatic heterocycles. The van der Waals surface area contributed by atoms with E-state index in [1.807, 2.05) is 19.1 Å². The van der Waals surface area contributed by atoms with Crippen molar-refractivity contribution in [2.24, 2.45) is 0 Å². The Kier molecular flexibility index (Phi) is 2.61. The molecule has 0 amide bonds. The van der Waals surface area contributed by atoms with Crippen molar-refractivity contribution in [1.29, 1.82) is 0 Å². The molecular weight excluding hydrogens is 171 g/mol.